The van der Waals surface area contributed by atoms with Crippen molar-refractivity contribution in [3.05, 3.63) is 71.3 Å². The number of halogens is 2. The molecule has 0 aliphatic carbocycles. The Hall–Kier alpha value is -1.94. The van der Waals surface area contributed by atoms with E-state index in [9.17, 15) is 13.6 Å². The molecule has 0 aliphatic rings. The molecule has 0 saturated carbocycles. The molecular weight excluding hydrogens is 338 g/mol. The van der Waals surface area contributed by atoms with E-state index in [-0.39, 0.29) is 11.3 Å². The van der Waals surface area contributed by atoms with Gasteiger partial charge in [-0.2, -0.15) is 0 Å². The van der Waals surface area contributed by atoms with Gasteiger partial charge >= 0.3 is 0 Å². The summed E-state index contributed by atoms with van der Waals surface area (Å²) in [5.41, 5.74) is 0.304. The molecule has 0 N–H and O–H groups in total. The van der Waals surface area contributed by atoms with Crippen molar-refractivity contribution in [2.24, 2.45) is 0 Å². The highest BCUT2D eigenvalue weighted by atomic mass is 32.2. The number of rotatable bonds is 9. The number of allylic oxidation sites excluding steroid dienone is 1. The van der Waals surface area contributed by atoms with E-state index in [0.717, 1.165) is 10.6 Å². The maximum Gasteiger partial charge on any atom is 0.185 e. The number of carbonyl (C=O) groups is 1. The zero-order valence-corrected chi connectivity index (χ0v) is 15.1. The number of hydrogen-bond acceptors (Lipinski definition) is 2. The molecule has 0 aliphatic heterocycles. The van der Waals surface area contributed by atoms with Crippen molar-refractivity contribution in [2.75, 3.05) is 5.75 Å². The van der Waals surface area contributed by atoms with E-state index < -0.39 is 11.6 Å². The van der Waals surface area contributed by atoms with E-state index in [0.29, 0.717) is 5.56 Å². The molecule has 25 heavy (non-hydrogen) atoms. The molecule has 2 aromatic carbocycles. The first-order chi connectivity index (χ1) is 12.1. The van der Waals surface area contributed by atoms with E-state index in [1.165, 1.54) is 56.0 Å². The molecule has 0 bridgehead atoms. The minimum absolute atomic E-state index is 0.199. The minimum atomic E-state index is -0.682. The summed E-state index contributed by atoms with van der Waals surface area (Å²) in [7, 11) is 0. The lowest BCUT2D eigenvalue weighted by Crippen LogP contribution is -1.95. The van der Waals surface area contributed by atoms with Gasteiger partial charge in [0.05, 0.1) is 0 Å². The van der Waals surface area contributed by atoms with Crippen LogP contribution in [0.4, 0.5) is 8.78 Å². The predicted molar refractivity (Wildman–Crippen MR) is 101 cm³/mol. The molecule has 0 atom stereocenters. The van der Waals surface area contributed by atoms with Crippen molar-refractivity contribution >= 4 is 23.6 Å². The normalized spacial score (nSPS) is 11.2. The van der Waals surface area contributed by atoms with E-state index in [4.69, 9.17) is 0 Å². The van der Waals surface area contributed by atoms with Crippen LogP contribution in [0.15, 0.2) is 53.4 Å². The fourth-order valence-electron chi connectivity index (χ4n) is 2.36. The Morgan fingerprint density at radius 3 is 2.32 bits per heavy atom. The van der Waals surface area contributed by atoms with Gasteiger partial charge in [-0.3, -0.25) is 4.79 Å². The molecule has 2 aromatic rings. The molecule has 1 nitrogen and oxygen atoms in total. The van der Waals surface area contributed by atoms with Crippen LogP contribution in [0.3, 0.4) is 0 Å². The van der Waals surface area contributed by atoms with Crippen molar-refractivity contribution < 1.29 is 13.6 Å². The van der Waals surface area contributed by atoms with Gasteiger partial charge in [-0.1, -0.05) is 32.3 Å². The molecule has 0 heterocycles. The summed E-state index contributed by atoms with van der Waals surface area (Å²) in [6.45, 7) is 2.19. The van der Waals surface area contributed by atoms with Crippen molar-refractivity contribution in [1.82, 2.24) is 0 Å². The highest BCUT2D eigenvalue weighted by Crippen LogP contribution is 2.21. The first kappa shape index (κ1) is 19.4. The van der Waals surface area contributed by atoms with Crippen LogP contribution in [0.1, 0.15) is 48.5 Å². The van der Waals surface area contributed by atoms with Crippen LogP contribution >= 0.6 is 11.8 Å². The number of thioether (sulfide) groups is 1. The first-order valence-electron chi connectivity index (χ1n) is 8.51. The quantitative estimate of drug-likeness (QED) is 0.219. The van der Waals surface area contributed by atoms with E-state index >= 15 is 0 Å². The number of ketones is 1. The van der Waals surface area contributed by atoms with Gasteiger partial charge in [-0.15, -0.1) is 11.8 Å². The Morgan fingerprint density at radius 2 is 1.68 bits per heavy atom. The number of hydrogen-bond donors (Lipinski definition) is 0. The van der Waals surface area contributed by atoms with Gasteiger partial charge in [0.1, 0.15) is 11.6 Å². The average molecular weight is 360 g/mol. The van der Waals surface area contributed by atoms with E-state index in [2.05, 4.69) is 6.92 Å². The zero-order chi connectivity index (χ0) is 18.1. The minimum Gasteiger partial charge on any atom is -0.289 e. The van der Waals surface area contributed by atoms with Gasteiger partial charge < -0.3 is 0 Å². The lowest BCUT2D eigenvalue weighted by atomic mass is 10.1. The second kappa shape index (κ2) is 10.1. The smallest absolute Gasteiger partial charge is 0.185 e. The van der Waals surface area contributed by atoms with Crippen LogP contribution in [0.2, 0.25) is 0 Å². The first-order valence-corrected chi connectivity index (χ1v) is 9.49. The Balaban J connectivity index is 1.93. The van der Waals surface area contributed by atoms with Gasteiger partial charge in [-0.25, -0.2) is 8.78 Å². The summed E-state index contributed by atoms with van der Waals surface area (Å²) in [6.07, 6.45) is 7.32. The van der Waals surface area contributed by atoms with Crippen LogP contribution in [-0.4, -0.2) is 11.5 Å². The molecule has 4 heteroatoms. The molecular formula is C21H22F2OS. The van der Waals surface area contributed by atoms with Gasteiger partial charge in [-0.05, 0) is 60.7 Å². The molecule has 2 rings (SSSR count). The zero-order valence-electron chi connectivity index (χ0n) is 14.3. The molecule has 0 aromatic heterocycles. The lowest BCUT2D eigenvalue weighted by molar-refractivity contribution is 0.104. The molecule has 0 amide bonds. The topological polar surface area (TPSA) is 17.1 Å². The Bertz CT molecular complexity index is 703. The highest BCUT2D eigenvalue weighted by Gasteiger charge is 2.07. The second-order valence-electron chi connectivity index (χ2n) is 5.77. The number of benzene rings is 2. The summed E-state index contributed by atoms with van der Waals surface area (Å²) in [5, 5.41) is 0. The third-order valence-electron chi connectivity index (χ3n) is 3.81. The van der Waals surface area contributed by atoms with Crippen molar-refractivity contribution in [3.8, 4) is 0 Å². The standard InChI is InChI=1S/C21H22F2OS/c1-2-3-4-5-15-25-17-11-9-16(10-12-17)21(24)14-13-18-19(22)7-6-8-20(18)23/h6-14H,2-5,15H2,1H3/b14-13+. The van der Waals surface area contributed by atoms with E-state index in [1.807, 2.05) is 12.1 Å². The molecule has 132 valence electrons. The Kier molecular flexibility index (Phi) is 7.86. The summed E-state index contributed by atoms with van der Waals surface area (Å²) in [4.78, 5) is 13.3. The van der Waals surface area contributed by atoms with Crippen LogP contribution in [0.25, 0.3) is 6.08 Å². The second-order valence-corrected chi connectivity index (χ2v) is 6.93. The van der Waals surface area contributed by atoms with Crippen LogP contribution in [-0.2, 0) is 0 Å². The maximum atomic E-state index is 13.5. The fourth-order valence-corrected chi connectivity index (χ4v) is 3.27. The SMILES string of the molecule is CCCCCCSc1ccc(C(=O)/C=C/c2c(F)cccc2F)cc1. The summed E-state index contributed by atoms with van der Waals surface area (Å²) in [5.74, 6) is -0.570. The van der Waals surface area contributed by atoms with Gasteiger partial charge in [0, 0.05) is 16.0 Å². The van der Waals surface area contributed by atoms with Crippen molar-refractivity contribution in [3.63, 3.8) is 0 Å². The third-order valence-corrected chi connectivity index (χ3v) is 4.90. The number of carbonyl (C=O) groups excluding carboxylic acids is 1. The Labute approximate surface area is 152 Å². The monoisotopic (exact) mass is 360 g/mol. The summed E-state index contributed by atoms with van der Waals surface area (Å²) < 4.78 is 27.1. The summed E-state index contributed by atoms with van der Waals surface area (Å²) in [6, 6.07) is 10.9. The van der Waals surface area contributed by atoms with Crippen LogP contribution in [0.5, 0.6) is 0 Å². The molecule has 0 radical (unpaired) electrons. The molecule has 0 saturated heterocycles. The van der Waals surface area contributed by atoms with Crippen molar-refractivity contribution in [1.29, 1.82) is 0 Å². The van der Waals surface area contributed by atoms with Crippen molar-refractivity contribution in [2.45, 2.75) is 37.5 Å². The molecule has 0 unspecified atom stereocenters. The largest absolute Gasteiger partial charge is 0.289 e. The van der Waals surface area contributed by atoms with Gasteiger partial charge in [0.25, 0.3) is 0 Å². The predicted octanol–water partition coefficient (Wildman–Crippen LogP) is 6.53. The highest BCUT2D eigenvalue weighted by molar-refractivity contribution is 7.99. The van der Waals surface area contributed by atoms with Gasteiger partial charge in [0.2, 0.25) is 0 Å². The number of unbranched alkanes of at least 4 members (excludes halogenated alkanes) is 3. The molecule has 0 spiro atoms. The fraction of sp³-hybridized carbons (Fsp3) is 0.286. The average Bonchev–Trinajstić information content (AvgIpc) is 2.61. The van der Waals surface area contributed by atoms with Gasteiger partial charge in [0.15, 0.2) is 5.78 Å². The Morgan fingerprint density at radius 1 is 1.00 bits per heavy atom. The van der Waals surface area contributed by atoms with Crippen LogP contribution < -0.4 is 0 Å². The molecule has 0 fully saturated rings. The van der Waals surface area contributed by atoms with E-state index in [1.54, 1.807) is 23.9 Å². The lowest BCUT2D eigenvalue weighted by Gasteiger charge is -2.03. The van der Waals surface area contributed by atoms with Crippen LogP contribution in [0, 0.1) is 11.6 Å². The maximum absolute atomic E-state index is 13.5. The summed E-state index contributed by atoms with van der Waals surface area (Å²) >= 11 is 1.78. The third kappa shape index (κ3) is 6.13.